The number of rotatable bonds is 3. The first-order chi connectivity index (χ1) is 11.0. The molecule has 23 heavy (non-hydrogen) atoms. The number of carbonyl (C=O) groups is 2. The Morgan fingerprint density at radius 2 is 1.83 bits per heavy atom. The number of methoxy groups -OCH3 is 1. The van der Waals surface area contributed by atoms with Crippen molar-refractivity contribution in [2.45, 2.75) is 25.8 Å². The van der Waals surface area contributed by atoms with Crippen LogP contribution < -0.4 is 0 Å². The molecule has 3 rings (SSSR count). The largest absolute Gasteiger partial charge is 0.469 e. The van der Waals surface area contributed by atoms with Gasteiger partial charge in [-0.1, -0.05) is 29.8 Å². The van der Waals surface area contributed by atoms with Crippen molar-refractivity contribution in [1.29, 1.82) is 0 Å². The first kappa shape index (κ1) is 16.5. The topological polar surface area (TPSA) is 48.3 Å². The van der Waals surface area contributed by atoms with Gasteiger partial charge in [-0.2, -0.15) is 0 Å². The van der Waals surface area contributed by atoms with Crippen molar-refractivity contribution in [3.8, 4) is 0 Å². The van der Waals surface area contributed by atoms with Crippen LogP contribution in [-0.4, -0.2) is 23.4 Å². The van der Waals surface area contributed by atoms with Gasteiger partial charge in [0.2, 0.25) is 5.78 Å². The van der Waals surface area contributed by atoms with Gasteiger partial charge in [0, 0.05) is 17.8 Å². The van der Waals surface area contributed by atoms with Crippen LogP contribution in [0.3, 0.4) is 0 Å². The Morgan fingerprint density at radius 1 is 1.17 bits per heavy atom. The summed E-state index contributed by atoms with van der Waals surface area (Å²) in [4.78, 5) is 24.9. The molecule has 1 aliphatic rings. The van der Waals surface area contributed by atoms with Crippen LogP contribution in [0.5, 0.6) is 0 Å². The highest BCUT2D eigenvalue weighted by Gasteiger charge is 2.37. The highest BCUT2D eigenvalue weighted by molar-refractivity contribution is 9.13. The fraction of sp³-hybridized carbons (Fsp3) is 0.294. The van der Waals surface area contributed by atoms with Crippen LogP contribution >= 0.6 is 31.9 Å². The predicted octanol–water partition coefficient (Wildman–Crippen LogP) is 4.21. The van der Waals surface area contributed by atoms with Crippen LogP contribution in [0.4, 0.5) is 0 Å². The number of carbonyl (C=O) groups excluding carboxylic acids is 2. The van der Waals surface area contributed by atoms with Crippen molar-refractivity contribution in [1.82, 2.24) is 4.57 Å². The zero-order valence-corrected chi connectivity index (χ0v) is 15.9. The molecule has 6 heteroatoms. The lowest BCUT2D eigenvalue weighted by Crippen LogP contribution is -2.12. The summed E-state index contributed by atoms with van der Waals surface area (Å²) >= 11 is 7.01. The minimum atomic E-state index is -0.342. The van der Waals surface area contributed by atoms with Crippen LogP contribution in [0.15, 0.2) is 33.2 Å². The van der Waals surface area contributed by atoms with E-state index in [9.17, 15) is 9.59 Å². The highest BCUT2D eigenvalue weighted by atomic mass is 79.9. The second-order valence-corrected chi connectivity index (χ2v) is 7.16. The second kappa shape index (κ2) is 6.24. The van der Waals surface area contributed by atoms with Gasteiger partial charge in [-0.3, -0.25) is 9.59 Å². The lowest BCUT2D eigenvalue weighted by molar-refractivity contribution is -0.142. The van der Waals surface area contributed by atoms with Crippen molar-refractivity contribution in [2.24, 2.45) is 0 Å². The number of esters is 1. The van der Waals surface area contributed by atoms with Crippen molar-refractivity contribution in [2.75, 3.05) is 7.11 Å². The van der Waals surface area contributed by atoms with E-state index in [0.717, 1.165) is 15.7 Å². The molecule has 2 aromatic rings. The van der Waals surface area contributed by atoms with Gasteiger partial charge in [-0.15, -0.1) is 0 Å². The molecule has 0 saturated heterocycles. The fourth-order valence-corrected chi connectivity index (χ4v) is 4.25. The molecule has 0 amide bonds. The Bertz CT molecular complexity index is 793. The Morgan fingerprint density at radius 3 is 2.43 bits per heavy atom. The maximum Gasteiger partial charge on any atom is 0.314 e. The zero-order chi connectivity index (χ0) is 16.7. The summed E-state index contributed by atoms with van der Waals surface area (Å²) in [6, 6.07) is 7.48. The number of hydrogen-bond donors (Lipinski definition) is 0. The molecule has 2 heterocycles. The number of fused-ring (bicyclic) bond motifs is 1. The molecule has 0 bridgehead atoms. The molecule has 4 nitrogen and oxygen atoms in total. The summed E-state index contributed by atoms with van der Waals surface area (Å²) in [5.74, 6) is -0.677. The van der Waals surface area contributed by atoms with Gasteiger partial charge < -0.3 is 9.30 Å². The van der Waals surface area contributed by atoms with Crippen molar-refractivity contribution in [3.05, 3.63) is 55.7 Å². The average molecular weight is 441 g/mol. The van der Waals surface area contributed by atoms with E-state index in [1.807, 2.05) is 35.8 Å². The lowest BCUT2D eigenvalue weighted by atomic mass is 10.0. The Balaban J connectivity index is 2.08. The molecule has 1 aromatic heterocycles. The van der Waals surface area contributed by atoms with E-state index in [0.29, 0.717) is 28.7 Å². The molecule has 0 aliphatic carbocycles. The zero-order valence-electron chi connectivity index (χ0n) is 12.7. The Kier molecular flexibility index (Phi) is 4.47. The third-order valence-corrected chi connectivity index (χ3v) is 6.28. The minimum Gasteiger partial charge on any atom is -0.469 e. The molecule has 1 atom stereocenters. The fourth-order valence-electron chi connectivity index (χ4n) is 2.98. The molecule has 0 radical (unpaired) electrons. The summed E-state index contributed by atoms with van der Waals surface area (Å²) in [6.45, 7) is 2.60. The van der Waals surface area contributed by atoms with E-state index in [1.165, 1.54) is 7.11 Å². The van der Waals surface area contributed by atoms with Gasteiger partial charge in [0.05, 0.1) is 22.0 Å². The molecule has 1 aromatic carbocycles. The van der Waals surface area contributed by atoms with E-state index in [-0.39, 0.29) is 17.7 Å². The number of nitrogens with zero attached hydrogens (tertiary/aromatic N) is 1. The summed E-state index contributed by atoms with van der Waals surface area (Å²) in [6.07, 6.45) is 0.641. The number of aromatic nitrogens is 1. The van der Waals surface area contributed by atoms with Gasteiger partial charge in [-0.05, 0) is 45.2 Å². The van der Waals surface area contributed by atoms with Gasteiger partial charge in [0.25, 0.3) is 0 Å². The Labute approximate surface area is 151 Å². The standard InChI is InChI=1S/C17H15Br2NO3/c1-9-3-5-10(6-4-9)16(21)15-13(19)12(18)14-11(17(22)23-2)7-8-20(14)15/h3-6,11H,7-8H2,1-2H3. The van der Waals surface area contributed by atoms with Crippen molar-refractivity contribution in [3.63, 3.8) is 0 Å². The van der Waals surface area contributed by atoms with Crippen molar-refractivity contribution < 1.29 is 14.3 Å². The maximum absolute atomic E-state index is 12.9. The predicted molar refractivity (Wildman–Crippen MR) is 93.8 cm³/mol. The van der Waals surface area contributed by atoms with Crippen LogP contribution in [0, 0.1) is 6.92 Å². The van der Waals surface area contributed by atoms with E-state index >= 15 is 0 Å². The molecule has 0 spiro atoms. The molecule has 1 aliphatic heterocycles. The van der Waals surface area contributed by atoms with E-state index in [1.54, 1.807) is 0 Å². The maximum atomic E-state index is 12.9. The highest BCUT2D eigenvalue weighted by Crippen LogP contribution is 2.43. The summed E-state index contributed by atoms with van der Waals surface area (Å²) in [5.41, 5.74) is 3.11. The van der Waals surface area contributed by atoms with Crippen LogP contribution in [-0.2, 0) is 16.1 Å². The second-order valence-electron chi connectivity index (χ2n) is 5.57. The normalized spacial score (nSPS) is 16.3. The first-order valence-corrected chi connectivity index (χ1v) is 8.80. The van der Waals surface area contributed by atoms with Gasteiger partial charge in [0.15, 0.2) is 0 Å². The third-order valence-electron chi connectivity index (χ3n) is 4.17. The smallest absolute Gasteiger partial charge is 0.314 e. The number of aryl methyl sites for hydroxylation is 1. The molecular weight excluding hydrogens is 426 g/mol. The minimum absolute atomic E-state index is 0.0608. The summed E-state index contributed by atoms with van der Waals surface area (Å²) in [7, 11) is 1.38. The van der Waals surface area contributed by atoms with E-state index < -0.39 is 0 Å². The first-order valence-electron chi connectivity index (χ1n) is 7.22. The molecule has 0 N–H and O–H groups in total. The van der Waals surface area contributed by atoms with Crippen LogP contribution in [0.1, 0.15) is 39.6 Å². The van der Waals surface area contributed by atoms with E-state index in [2.05, 4.69) is 31.9 Å². The average Bonchev–Trinajstić information content (AvgIpc) is 3.07. The van der Waals surface area contributed by atoms with Gasteiger partial charge >= 0.3 is 5.97 Å². The van der Waals surface area contributed by atoms with Crippen LogP contribution in [0.25, 0.3) is 0 Å². The quantitative estimate of drug-likeness (QED) is 0.530. The summed E-state index contributed by atoms with van der Waals surface area (Å²) < 4.78 is 8.23. The molecular formula is C17H15Br2NO3. The number of ether oxygens (including phenoxy) is 1. The molecule has 0 saturated carbocycles. The Hall–Kier alpha value is -1.40. The number of halogens is 2. The third kappa shape index (κ3) is 2.68. The monoisotopic (exact) mass is 439 g/mol. The number of benzene rings is 1. The van der Waals surface area contributed by atoms with E-state index in [4.69, 9.17) is 4.74 Å². The molecule has 1 unspecified atom stereocenters. The molecule has 120 valence electrons. The number of hydrogen-bond acceptors (Lipinski definition) is 3. The lowest BCUT2D eigenvalue weighted by Gasteiger charge is -2.07. The SMILES string of the molecule is COC(=O)C1CCn2c(C(=O)c3ccc(C)cc3)c(Br)c(Br)c21. The van der Waals surface area contributed by atoms with Crippen LogP contribution in [0.2, 0.25) is 0 Å². The number of ketones is 1. The molecule has 0 fully saturated rings. The summed E-state index contributed by atoms with van der Waals surface area (Å²) in [5, 5.41) is 0. The van der Waals surface area contributed by atoms with Gasteiger partial charge in [-0.25, -0.2) is 0 Å². The van der Waals surface area contributed by atoms with Gasteiger partial charge in [0.1, 0.15) is 5.69 Å². The van der Waals surface area contributed by atoms with Crippen molar-refractivity contribution >= 4 is 43.6 Å².